The van der Waals surface area contributed by atoms with Gasteiger partial charge in [0.25, 0.3) is 0 Å². The zero-order valence-corrected chi connectivity index (χ0v) is 12.7. The topological polar surface area (TPSA) is 29.3 Å². The van der Waals surface area contributed by atoms with Crippen molar-refractivity contribution in [3.05, 3.63) is 41.4 Å². The summed E-state index contributed by atoms with van der Waals surface area (Å²) in [5.74, 6) is 0. The summed E-state index contributed by atoms with van der Waals surface area (Å²) < 4.78 is 38.2. The fourth-order valence-corrected chi connectivity index (χ4v) is 2.13. The Morgan fingerprint density at radius 3 is 2.35 bits per heavy atom. The van der Waals surface area contributed by atoms with E-state index < -0.39 is 16.7 Å². The lowest BCUT2D eigenvalue weighted by Crippen LogP contribution is -2.49. The van der Waals surface area contributed by atoms with E-state index in [4.69, 9.17) is 41.2 Å². The number of benzene rings is 1. The van der Waals surface area contributed by atoms with E-state index in [0.717, 1.165) is 17.0 Å². The molecule has 0 heterocycles. The standard InChI is InChI=1S/C12H11Cl2F3N2S/c1-7(13)11(2,14)19(10(18)20)9-5-3-4-8(6-9)12(15,16)17/h3-6H,1H2,2H3,(H2,18,20). The fraction of sp³-hybridized carbons (Fsp3) is 0.250. The summed E-state index contributed by atoms with van der Waals surface area (Å²) in [7, 11) is 0. The molecule has 1 atom stereocenters. The zero-order chi connectivity index (χ0) is 15.7. The average molecular weight is 343 g/mol. The molecule has 0 saturated carbocycles. The SMILES string of the molecule is C=C(Cl)C(C)(Cl)N(C(N)=S)c1cccc(C(F)(F)F)c1. The molecule has 1 unspecified atom stereocenters. The van der Waals surface area contributed by atoms with Crippen LogP contribution in [-0.4, -0.2) is 10.1 Å². The third kappa shape index (κ3) is 3.56. The number of nitrogens with zero attached hydrogens (tertiary/aromatic N) is 1. The van der Waals surface area contributed by atoms with Gasteiger partial charge in [-0.2, -0.15) is 13.2 Å². The van der Waals surface area contributed by atoms with Gasteiger partial charge in [-0.15, -0.1) is 0 Å². The number of hydrogen-bond acceptors (Lipinski definition) is 1. The number of thiocarbonyl (C=S) groups is 1. The van der Waals surface area contributed by atoms with E-state index in [1.165, 1.54) is 19.1 Å². The average Bonchev–Trinajstić information content (AvgIpc) is 2.27. The van der Waals surface area contributed by atoms with Gasteiger partial charge in [0.1, 0.15) is 0 Å². The summed E-state index contributed by atoms with van der Waals surface area (Å²) in [4.78, 5) is -0.341. The minimum atomic E-state index is -4.49. The number of halogens is 5. The zero-order valence-electron chi connectivity index (χ0n) is 10.3. The first kappa shape index (κ1) is 17.1. The van der Waals surface area contributed by atoms with Gasteiger partial charge in [0.2, 0.25) is 0 Å². The molecule has 0 aliphatic rings. The molecule has 1 aromatic rings. The first-order valence-corrected chi connectivity index (χ1v) is 6.45. The van der Waals surface area contributed by atoms with Crippen LogP contribution in [0.5, 0.6) is 0 Å². The Bertz CT molecular complexity index is 544. The quantitative estimate of drug-likeness (QED) is 0.499. The van der Waals surface area contributed by atoms with E-state index in [1.54, 1.807) is 0 Å². The second-order valence-corrected chi connectivity index (χ2v) is 5.69. The molecule has 110 valence electrons. The van der Waals surface area contributed by atoms with Gasteiger partial charge in [-0.3, -0.25) is 4.90 Å². The molecule has 20 heavy (non-hydrogen) atoms. The maximum Gasteiger partial charge on any atom is 0.416 e. The van der Waals surface area contributed by atoms with Crippen molar-refractivity contribution in [2.75, 3.05) is 4.90 Å². The Morgan fingerprint density at radius 1 is 1.40 bits per heavy atom. The van der Waals surface area contributed by atoms with Crippen molar-refractivity contribution in [1.29, 1.82) is 0 Å². The first-order chi connectivity index (χ1) is 8.98. The second kappa shape index (κ2) is 5.79. The van der Waals surface area contributed by atoms with Crippen LogP contribution in [0.4, 0.5) is 18.9 Å². The highest BCUT2D eigenvalue weighted by molar-refractivity contribution is 7.80. The van der Waals surface area contributed by atoms with Crippen LogP contribution in [0, 0.1) is 0 Å². The molecule has 8 heteroatoms. The molecule has 0 fully saturated rings. The monoisotopic (exact) mass is 342 g/mol. The molecule has 0 spiro atoms. The highest BCUT2D eigenvalue weighted by Gasteiger charge is 2.36. The molecular weight excluding hydrogens is 332 g/mol. The minimum Gasteiger partial charge on any atom is -0.376 e. The van der Waals surface area contributed by atoms with Crippen molar-refractivity contribution in [2.24, 2.45) is 5.73 Å². The molecule has 0 saturated heterocycles. The minimum absolute atomic E-state index is 0.0237. The van der Waals surface area contributed by atoms with Crippen LogP contribution in [0.15, 0.2) is 35.9 Å². The van der Waals surface area contributed by atoms with E-state index in [1.807, 2.05) is 0 Å². The van der Waals surface area contributed by atoms with Crippen LogP contribution >= 0.6 is 35.4 Å². The van der Waals surface area contributed by atoms with E-state index in [9.17, 15) is 13.2 Å². The highest BCUT2D eigenvalue weighted by Crippen LogP contribution is 2.37. The Balaban J connectivity index is 3.38. The van der Waals surface area contributed by atoms with Gasteiger partial charge in [0.15, 0.2) is 10.1 Å². The maximum atomic E-state index is 12.7. The summed E-state index contributed by atoms with van der Waals surface area (Å²) >= 11 is 16.8. The Kier molecular flexibility index (Phi) is 4.94. The van der Waals surface area contributed by atoms with Gasteiger partial charge in [-0.1, -0.05) is 35.8 Å². The van der Waals surface area contributed by atoms with Crippen LogP contribution in [0.3, 0.4) is 0 Å². The van der Waals surface area contributed by atoms with Crippen molar-refractivity contribution in [2.45, 2.75) is 18.1 Å². The van der Waals surface area contributed by atoms with E-state index in [2.05, 4.69) is 6.58 Å². The Labute approximate surface area is 129 Å². The lowest BCUT2D eigenvalue weighted by molar-refractivity contribution is -0.137. The molecule has 0 radical (unpaired) electrons. The lowest BCUT2D eigenvalue weighted by Gasteiger charge is -2.36. The van der Waals surface area contributed by atoms with Crippen molar-refractivity contribution in [3.8, 4) is 0 Å². The first-order valence-electron chi connectivity index (χ1n) is 5.28. The highest BCUT2D eigenvalue weighted by atomic mass is 35.5. The molecule has 0 aliphatic carbocycles. The van der Waals surface area contributed by atoms with Crippen molar-refractivity contribution >= 4 is 46.2 Å². The van der Waals surface area contributed by atoms with Crippen molar-refractivity contribution in [1.82, 2.24) is 0 Å². The molecular formula is C12H11Cl2F3N2S. The molecule has 1 aromatic carbocycles. The van der Waals surface area contributed by atoms with Gasteiger partial charge < -0.3 is 5.73 Å². The predicted octanol–water partition coefficient (Wildman–Crippen LogP) is 4.46. The fourth-order valence-electron chi connectivity index (χ4n) is 1.52. The predicted molar refractivity (Wildman–Crippen MR) is 80.0 cm³/mol. The van der Waals surface area contributed by atoms with E-state index in [0.29, 0.717) is 0 Å². The van der Waals surface area contributed by atoms with Crippen LogP contribution < -0.4 is 10.6 Å². The summed E-state index contributed by atoms with van der Waals surface area (Å²) in [6.07, 6.45) is -4.49. The number of rotatable bonds is 3. The van der Waals surface area contributed by atoms with Gasteiger partial charge >= 0.3 is 6.18 Å². The third-order valence-corrected chi connectivity index (χ3v) is 3.61. The second-order valence-electron chi connectivity index (χ2n) is 4.08. The lowest BCUT2D eigenvalue weighted by atomic mass is 10.1. The number of anilines is 1. The van der Waals surface area contributed by atoms with Crippen LogP contribution in [0.2, 0.25) is 0 Å². The smallest absolute Gasteiger partial charge is 0.376 e. The van der Waals surface area contributed by atoms with Crippen LogP contribution in [0.25, 0.3) is 0 Å². The molecule has 1 rings (SSSR count). The summed E-state index contributed by atoms with van der Waals surface area (Å²) in [6, 6.07) is 4.45. The molecule has 2 N–H and O–H groups in total. The number of nitrogens with two attached hydrogens (primary N) is 1. The normalized spacial score (nSPS) is 14.5. The van der Waals surface area contributed by atoms with Gasteiger partial charge in [-0.25, -0.2) is 0 Å². The molecule has 0 aliphatic heterocycles. The van der Waals surface area contributed by atoms with E-state index >= 15 is 0 Å². The van der Waals surface area contributed by atoms with Gasteiger partial charge in [0.05, 0.1) is 10.6 Å². The summed E-state index contributed by atoms with van der Waals surface area (Å²) in [5, 5.41) is -0.243. The molecule has 2 nitrogen and oxygen atoms in total. The van der Waals surface area contributed by atoms with Crippen molar-refractivity contribution in [3.63, 3.8) is 0 Å². The summed E-state index contributed by atoms with van der Waals surface area (Å²) in [5.41, 5.74) is 4.78. The van der Waals surface area contributed by atoms with Gasteiger partial charge in [-0.05, 0) is 37.3 Å². The Morgan fingerprint density at radius 2 is 1.95 bits per heavy atom. The maximum absolute atomic E-state index is 12.7. The molecule has 0 amide bonds. The van der Waals surface area contributed by atoms with Crippen LogP contribution in [-0.2, 0) is 6.18 Å². The van der Waals surface area contributed by atoms with Gasteiger partial charge in [0, 0.05) is 5.69 Å². The largest absolute Gasteiger partial charge is 0.416 e. The Hall–Kier alpha value is -0.980. The third-order valence-electron chi connectivity index (χ3n) is 2.57. The summed E-state index contributed by atoms with van der Waals surface area (Å²) in [6.45, 7) is 4.92. The van der Waals surface area contributed by atoms with Crippen molar-refractivity contribution < 1.29 is 13.2 Å². The van der Waals surface area contributed by atoms with Crippen LogP contribution in [0.1, 0.15) is 12.5 Å². The number of hydrogen-bond donors (Lipinski definition) is 1. The number of alkyl halides is 4. The molecule has 0 aromatic heterocycles. The molecule has 0 bridgehead atoms. The van der Waals surface area contributed by atoms with E-state index in [-0.39, 0.29) is 15.8 Å².